The minimum atomic E-state index is -0.472. The first-order chi connectivity index (χ1) is 13.3. The Morgan fingerprint density at radius 2 is 1.85 bits per heavy atom. The van der Waals surface area contributed by atoms with E-state index in [4.69, 9.17) is 9.47 Å². The van der Waals surface area contributed by atoms with Crippen molar-refractivity contribution in [1.29, 1.82) is 0 Å². The summed E-state index contributed by atoms with van der Waals surface area (Å²) in [5, 5.41) is 2.91. The Labute approximate surface area is 161 Å². The van der Waals surface area contributed by atoms with Crippen molar-refractivity contribution in [1.82, 2.24) is 5.32 Å². The lowest BCUT2D eigenvalue weighted by Crippen LogP contribution is -2.39. The molecule has 0 spiro atoms. The zero-order valence-electron chi connectivity index (χ0n) is 16.1. The largest absolute Gasteiger partial charge is 0.481 e. The summed E-state index contributed by atoms with van der Waals surface area (Å²) in [6, 6.07) is 16.3. The number of carbonyl (C=O) groups is 1. The summed E-state index contributed by atoms with van der Waals surface area (Å²) in [6.07, 6.45) is 4.91. The molecule has 1 atom stereocenters. The molecular weight excluding hydrogens is 338 g/mol. The highest BCUT2D eigenvalue weighted by Crippen LogP contribution is 2.26. The van der Waals surface area contributed by atoms with E-state index in [1.165, 1.54) is 24.0 Å². The van der Waals surface area contributed by atoms with Crippen molar-refractivity contribution in [3.8, 4) is 5.75 Å². The predicted octanol–water partition coefficient (Wildman–Crippen LogP) is 4.06. The fourth-order valence-electron chi connectivity index (χ4n) is 3.39. The van der Waals surface area contributed by atoms with Crippen LogP contribution in [0.3, 0.4) is 0 Å². The van der Waals surface area contributed by atoms with Gasteiger partial charge in [0.15, 0.2) is 6.10 Å². The number of nitrogens with one attached hydrogen (secondary N) is 1. The summed E-state index contributed by atoms with van der Waals surface area (Å²) in [7, 11) is 0. The lowest BCUT2D eigenvalue weighted by Gasteiger charge is -2.20. The molecular formula is C23H29NO3. The average Bonchev–Trinajstić information content (AvgIpc) is 2.72. The molecule has 0 aromatic heterocycles. The molecule has 1 aliphatic carbocycles. The minimum Gasteiger partial charge on any atom is -0.481 e. The van der Waals surface area contributed by atoms with Gasteiger partial charge < -0.3 is 14.8 Å². The van der Waals surface area contributed by atoms with Crippen LogP contribution in [0.15, 0.2) is 48.5 Å². The Bertz CT molecular complexity index is 730. The SMILES string of the molecule is CC[C@H](Oc1ccc2c(c1)CCCC2)C(=O)NCCOCc1ccccc1. The molecule has 0 aliphatic heterocycles. The van der Waals surface area contributed by atoms with Crippen LogP contribution in [0.25, 0.3) is 0 Å². The molecule has 0 saturated heterocycles. The topological polar surface area (TPSA) is 47.6 Å². The lowest BCUT2D eigenvalue weighted by atomic mass is 9.92. The summed E-state index contributed by atoms with van der Waals surface area (Å²) in [5.41, 5.74) is 3.91. The van der Waals surface area contributed by atoms with Gasteiger partial charge in [0.2, 0.25) is 0 Å². The highest BCUT2D eigenvalue weighted by molar-refractivity contribution is 5.81. The second kappa shape index (κ2) is 10.1. The van der Waals surface area contributed by atoms with Gasteiger partial charge in [0, 0.05) is 6.54 Å². The molecule has 4 heteroatoms. The number of amides is 1. The number of rotatable bonds is 9. The summed E-state index contributed by atoms with van der Waals surface area (Å²) >= 11 is 0. The van der Waals surface area contributed by atoms with Crippen LogP contribution in [0, 0.1) is 0 Å². The van der Waals surface area contributed by atoms with Gasteiger partial charge in [-0.1, -0.05) is 43.3 Å². The van der Waals surface area contributed by atoms with Crippen LogP contribution in [0.2, 0.25) is 0 Å². The zero-order valence-corrected chi connectivity index (χ0v) is 16.1. The third kappa shape index (κ3) is 5.83. The molecule has 0 fully saturated rings. The summed E-state index contributed by atoms with van der Waals surface area (Å²) in [6.45, 7) is 3.49. The number of carbonyl (C=O) groups excluding carboxylic acids is 1. The highest BCUT2D eigenvalue weighted by atomic mass is 16.5. The van der Waals surface area contributed by atoms with Crippen molar-refractivity contribution in [3.05, 3.63) is 65.2 Å². The van der Waals surface area contributed by atoms with E-state index in [1.54, 1.807) is 0 Å². The third-order valence-corrected chi connectivity index (χ3v) is 4.92. The second-order valence-corrected chi connectivity index (χ2v) is 6.98. The maximum absolute atomic E-state index is 12.4. The molecule has 144 valence electrons. The van der Waals surface area contributed by atoms with Crippen LogP contribution in [0.1, 0.15) is 42.9 Å². The first-order valence-corrected chi connectivity index (χ1v) is 9.94. The molecule has 2 aromatic carbocycles. The van der Waals surface area contributed by atoms with Crippen molar-refractivity contribution < 1.29 is 14.3 Å². The number of hydrogen-bond donors (Lipinski definition) is 1. The van der Waals surface area contributed by atoms with E-state index in [0.29, 0.717) is 26.2 Å². The van der Waals surface area contributed by atoms with E-state index < -0.39 is 6.10 Å². The zero-order chi connectivity index (χ0) is 18.9. The maximum atomic E-state index is 12.4. The van der Waals surface area contributed by atoms with E-state index in [2.05, 4.69) is 17.4 Å². The Morgan fingerprint density at radius 1 is 1.07 bits per heavy atom. The number of ether oxygens (including phenoxy) is 2. The number of aryl methyl sites for hydroxylation is 2. The number of benzene rings is 2. The van der Waals surface area contributed by atoms with Crippen LogP contribution in [0.5, 0.6) is 5.75 Å². The lowest BCUT2D eigenvalue weighted by molar-refractivity contribution is -0.128. The summed E-state index contributed by atoms with van der Waals surface area (Å²) < 4.78 is 11.6. The summed E-state index contributed by atoms with van der Waals surface area (Å²) in [5.74, 6) is 0.705. The Morgan fingerprint density at radius 3 is 2.63 bits per heavy atom. The van der Waals surface area contributed by atoms with Gasteiger partial charge in [0.05, 0.1) is 13.2 Å². The van der Waals surface area contributed by atoms with Crippen LogP contribution in [0.4, 0.5) is 0 Å². The standard InChI is InChI=1S/C23H29NO3/c1-2-22(27-21-13-12-19-10-6-7-11-20(19)16-21)23(25)24-14-15-26-17-18-8-4-3-5-9-18/h3-5,8-9,12-13,16,22H,2,6-7,10-11,14-15,17H2,1H3,(H,24,25)/t22-/m0/s1. The normalized spacial score (nSPS) is 14.3. The molecule has 0 radical (unpaired) electrons. The second-order valence-electron chi connectivity index (χ2n) is 6.98. The van der Waals surface area contributed by atoms with Gasteiger partial charge >= 0.3 is 0 Å². The smallest absolute Gasteiger partial charge is 0.261 e. The first-order valence-electron chi connectivity index (χ1n) is 9.94. The van der Waals surface area contributed by atoms with Gasteiger partial charge in [-0.05, 0) is 60.9 Å². The fourth-order valence-corrected chi connectivity index (χ4v) is 3.39. The van der Waals surface area contributed by atoms with Crippen molar-refractivity contribution in [3.63, 3.8) is 0 Å². The van der Waals surface area contributed by atoms with Crippen molar-refractivity contribution >= 4 is 5.91 Å². The van der Waals surface area contributed by atoms with E-state index in [1.807, 2.05) is 43.3 Å². The Balaban J connectivity index is 1.42. The van der Waals surface area contributed by atoms with E-state index in [9.17, 15) is 4.79 Å². The molecule has 2 aromatic rings. The first kappa shape index (κ1) is 19.4. The predicted molar refractivity (Wildman–Crippen MR) is 107 cm³/mol. The van der Waals surface area contributed by atoms with Crippen LogP contribution < -0.4 is 10.1 Å². The monoisotopic (exact) mass is 367 g/mol. The van der Waals surface area contributed by atoms with Crippen LogP contribution in [-0.4, -0.2) is 25.2 Å². The van der Waals surface area contributed by atoms with Gasteiger partial charge in [-0.25, -0.2) is 0 Å². The van der Waals surface area contributed by atoms with Crippen LogP contribution >= 0.6 is 0 Å². The average molecular weight is 367 g/mol. The van der Waals surface area contributed by atoms with Gasteiger partial charge in [-0.2, -0.15) is 0 Å². The third-order valence-electron chi connectivity index (χ3n) is 4.92. The van der Waals surface area contributed by atoms with Crippen LogP contribution in [-0.2, 0) is 29.0 Å². The van der Waals surface area contributed by atoms with E-state index in [0.717, 1.165) is 24.2 Å². The number of hydrogen-bond acceptors (Lipinski definition) is 3. The highest BCUT2D eigenvalue weighted by Gasteiger charge is 2.19. The Hall–Kier alpha value is -2.33. The van der Waals surface area contributed by atoms with Crippen molar-refractivity contribution in [2.45, 2.75) is 51.7 Å². The molecule has 1 aliphatic rings. The minimum absolute atomic E-state index is 0.0847. The van der Waals surface area contributed by atoms with Crippen molar-refractivity contribution in [2.24, 2.45) is 0 Å². The summed E-state index contributed by atoms with van der Waals surface area (Å²) in [4.78, 5) is 12.4. The fraction of sp³-hybridized carbons (Fsp3) is 0.435. The molecule has 0 heterocycles. The molecule has 0 unspecified atom stereocenters. The quantitative estimate of drug-likeness (QED) is 0.680. The van der Waals surface area contributed by atoms with Gasteiger partial charge in [0.1, 0.15) is 5.75 Å². The molecule has 27 heavy (non-hydrogen) atoms. The number of fused-ring (bicyclic) bond motifs is 1. The molecule has 1 N–H and O–H groups in total. The Kier molecular flexibility index (Phi) is 7.28. The van der Waals surface area contributed by atoms with E-state index in [-0.39, 0.29) is 5.91 Å². The van der Waals surface area contributed by atoms with E-state index >= 15 is 0 Å². The maximum Gasteiger partial charge on any atom is 0.261 e. The van der Waals surface area contributed by atoms with Gasteiger partial charge in [0.25, 0.3) is 5.91 Å². The molecule has 1 amide bonds. The molecule has 4 nitrogen and oxygen atoms in total. The molecule has 0 saturated carbocycles. The van der Waals surface area contributed by atoms with Gasteiger partial charge in [-0.15, -0.1) is 0 Å². The van der Waals surface area contributed by atoms with Crippen molar-refractivity contribution in [2.75, 3.05) is 13.2 Å². The molecule has 0 bridgehead atoms. The molecule has 3 rings (SSSR count). The van der Waals surface area contributed by atoms with Gasteiger partial charge in [-0.3, -0.25) is 4.79 Å².